The maximum absolute atomic E-state index is 12.9. The van der Waals surface area contributed by atoms with Crippen LogP contribution >= 0.6 is 15.6 Å². The molecule has 0 heterocycles. The zero-order valence-corrected chi connectivity index (χ0v) is 54.8. The fourth-order valence-corrected chi connectivity index (χ4v) is 10.1. The lowest BCUT2D eigenvalue weighted by molar-refractivity contribution is -0.161. The number of aliphatic hydroxyl groups excluding tert-OH is 2. The van der Waals surface area contributed by atoms with E-state index < -0.39 is 91.5 Å². The Morgan fingerprint density at radius 1 is 0.341 bits per heavy atom. The third-order valence-corrected chi connectivity index (χ3v) is 15.5. The van der Waals surface area contributed by atoms with Crippen LogP contribution < -0.4 is 0 Å². The highest BCUT2D eigenvalue weighted by Gasteiger charge is 2.29. The van der Waals surface area contributed by atoms with Crippen LogP contribution in [0.25, 0.3) is 0 Å². The minimum atomic E-state index is -4.92. The van der Waals surface area contributed by atoms with Crippen LogP contribution in [0.2, 0.25) is 0 Å². The highest BCUT2D eigenvalue weighted by Crippen LogP contribution is 2.45. The van der Waals surface area contributed by atoms with Gasteiger partial charge in [0.05, 0.1) is 26.4 Å². The van der Waals surface area contributed by atoms with Gasteiger partial charge in [0.25, 0.3) is 0 Å². The van der Waals surface area contributed by atoms with Crippen molar-refractivity contribution in [1.29, 1.82) is 0 Å². The molecular weight excluding hydrogens is 1120 g/mol. The molecule has 85 heavy (non-hydrogen) atoms. The van der Waals surface area contributed by atoms with E-state index in [1.54, 1.807) is 0 Å². The van der Waals surface area contributed by atoms with Gasteiger partial charge in [-0.25, -0.2) is 9.13 Å². The van der Waals surface area contributed by atoms with E-state index in [2.05, 4.69) is 106 Å². The number of hydrogen-bond acceptors (Lipinski definition) is 14. The molecule has 0 aliphatic rings. The molecule has 0 fully saturated rings. The van der Waals surface area contributed by atoms with Crippen LogP contribution in [-0.4, -0.2) is 95.9 Å². The first-order valence-electron chi connectivity index (χ1n) is 32.9. The van der Waals surface area contributed by atoms with Gasteiger partial charge >= 0.3 is 33.6 Å². The molecule has 0 spiro atoms. The highest BCUT2D eigenvalue weighted by atomic mass is 31.2. The summed E-state index contributed by atoms with van der Waals surface area (Å²) in [6.45, 7) is 2.49. The maximum Gasteiger partial charge on any atom is 0.472 e. The third kappa shape index (κ3) is 62.1. The van der Waals surface area contributed by atoms with Gasteiger partial charge in [-0.3, -0.25) is 32.5 Å². The molecule has 492 valence electrons. The summed E-state index contributed by atoms with van der Waals surface area (Å²) in [5, 5.41) is 20.5. The summed E-state index contributed by atoms with van der Waals surface area (Å²) in [6, 6.07) is 0. The van der Waals surface area contributed by atoms with Crippen LogP contribution in [0.5, 0.6) is 0 Å². The smallest absolute Gasteiger partial charge is 0.463 e. The average Bonchev–Trinajstić information content (AvgIpc) is 3.52. The van der Waals surface area contributed by atoms with Gasteiger partial charge in [0.1, 0.15) is 25.4 Å². The topological polar surface area (TPSA) is 231 Å². The maximum atomic E-state index is 12.9. The number of rotatable bonds is 62. The lowest BCUT2D eigenvalue weighted by atomic mass is 10.1. The molecule has 18 heteroatoms. The molecule has 0 rings (SSSR count). The van der Waals surface area contributed by atoms with Crippen molar-refractivity contribution in [2.24, 2.45) is 0 Å². The number of allylic oxidation sites excluding steroid dienone is 14. The predicted molar refractivity (Wildman–Crippen MR) is 344 cm³/mol. The average molecular weight is 1240 g/mol. The van der Waals surface area contributed by atoms with E-state index in [4.69, 9.17) is 32.3 Å². The quantitative estimate of drug-likeness (QED) is 0.0146. The van der Waals surface area contributed by atoms with Gasteiger partial charge in [-0.2, -0.15) is 0 Å². The summed E-state index contributed by atoms with van der Waals surface area (Å²) >= 11 is 0. The third-order valence-electron chi connectivity index (χ3n) is 13.6. The van der Waals surface area contributed by atoms with Gasteiger partial charge in [0.15, 0.2) is 6.10 Å². The molecule has 0 aromatic heterocycles. The molecule has 0 saturated heterocycles. The summed E-state index contributed by atoms with van der Waals surface area (Å²) < 4.78 is 60.8. The Labute approximate surface area is 515 Å². The fourth-order valence-electron chi connectivity index (χ4n) is 8.53. The van der Waals surface area contributed by atoms with Crippen molar-refractivity contribution in [3.05, 3.63) is 85.1 Å². The van der Waals surface area contributed by atoms with E-state index in [0.29, 0.717) is 19.3 Å². The summed E-state index contributed by atoms with van der Waals surface area (Å²) in [5.41, 5.74) is 0. The van der Waals surface area contributed by atoms with Crippen molar-refractivity contribution >= 4 is 33.6 Å². The van der Waals surface area contributed by atoms with Gasteiger partial charge in [-0.15, -0.1) is 0 Å². The standard InChI is InChI=1S/C67H118O16P2/c1-4-7-10-13-16-19-22-25-28-29-30-31-34-36-38-41-44-47-50-53-65(70)77-56-62(68)57-79-84(73,74)80-58-63(69)59-81-85(75,76)82-61-64(83-67(72)55-52-49-46-43-40-37-33-27-24-21-18-15-12-9-6-3)60-78-66(71)54-51-48-45-42-39-35-32-26-23-20-17-14-11-8-5-2/h7,10,16,19,25-28,30-33,36,38,62-64,68-69H,4-6,8-9,11-15,17-18,20-24,29,34-35,37,39-61H2,1-3H3,(H,73,74)(H,75,76)/b10-7-,19-16-,28-25-,31-30-,32-26-,33-27-,38-36-. The molecular formula is C67H118O16P2. The highest BCUT2D eigenvalue weighted by molar-refractivity contribution is 7.47. The van der Waals surface area contributed by atoms with Crippen molar-refractivity contribution in [2.45, 2.75) is 283 Å². The molecule has 5 unspecified atom stereocenters. The van der Waals surface area contributed by atoms with Crippen LogP contribution in [0.1, 0.15) is 265 Å². The van der Waals surface area contributed by atoms with Gasteiger partial charge < -0.3 is 34.2 Å². The molecule has 0 aliphatic heterocycles. The van der Waals surface area contributed by atoms with Crippen LogP contribution in [0.3, 0.4) is 0 Å². The normalized spacial score (nSPS) is 14.9. The number of aliphatic hydroxyl groups is 2. The zero-order valence-electron chi connectivity index (χ0n) is 53.0. The number of unbranched alkanes of at least 4 members (excludes halogenated alkanes) is 25. The van der Waals surface area contributed by atoms with Gasteiger partial charge in [-0.1, -0.05) is 215 Å². The predicted octanol–water partition coefficient (Wildman–Crippen LogP) is 17.8. The molecule has 0 radical (unpaired) electrons. The van der Waals surface area contributed by atoms with E-state index >= 15 is 0 Å². The Balaban J connectivity index is 4.70. The van der Waals surface area contributed by atoms with E-state index in [9.17, 15) is 43.5 Å². The molecule has 0 bridgehead atoms. The first-order chi connectivity index (χ1) is 41.2. The largest absolute Gasteiger partial charge is 0.472 e. The van der Waals surface area contributed by atoms with Crippen molar-refractivity contribution in [3.8, 4) is 0 Å². The fraction of sp³-hybridized carbons (Fsp3) is 0.746. The van der Waals surface area contributed by atoms with Crippen molar-refractivity contribution < 1.29 is 75.8 Å². The van der Waals surface area contributed by atoms with Crippen molar-refractivity contribution in [3.63, 3.8) is 0 Å². The molecule has 0 saturated carbocycles. The second-order valence-electron chi connectivity index (χ2n) is 21.9. The Hall–Kier alpha value is -3.27. The molecule has 0 aromatic rings. The Morgan fingerprint density at radius 2 is 0.624 bits per heavy atom. The monoisotopic (exact) mass is 1240 g/mol. The molecule has 4 N–H and O–H groups in total. The van der Waals surface area contributed by atoms with Gasteiger partial charge in [0.2, 0.25) is 0 Å². The van der Waals surface area contributed by atoms with E-state index in [0.717, 1.165) is 128 Å². The van der Waals surface area contributed by atoms with Crippen molar-refractivity contribution in [2.75, 3.05) is 39.6 Å². The molecule has 0 amide bonds. The van der Waals surface area contributed by atoms with E-state index in [-0.39, 0.29) is 19.3 Å². The van der Waals surface area contributed by atoms with E-state index in [1.165, 1.54) is 77.0 Å². The number of phosphoric acid groups is 2. The number of carbonyl (C=O) groups excluding carboxylic acids is 3. The molecule has 0 aromatic carbocycles. The van der Waals surface area contributed by atoms with Crippen LogP contribution in [0.4, 0.5) is 0 Å². The minimum Gasteiger partial charge on any atom is -0.463 e. The van der Waals surface area contributed by atoms with Crippen molar-refractivity contribution in [1.82, 2.24) is 0 Å². The number of hydrogen-bond donors (Lipinski definition) is 4. The Kier molecular flexibility index (Phi) is 58.6. The van der Waals surface area contributed by atoms with E-state index in [1.807, 2.05) is 0 Å². The number of carbonyl (C=O) groups is 3. The lowest BCUT2D eigenvalue weighted by Gasteiger charge is -2.21. The first-order valence-corrected chi connectivity index (χ1v) is 35.9. The van der Waals surface area contributed by atoms with Crippen LogP contribution in [-0.2, 0) is 55.8 Å². The lowest BCUT2D eigenvalue weighted by Crippen LogP contribution is -2.30. The number of esters is 3. The van der Waals surface area contributed by atoms with Gasteiger partial charge in [-0.05, 0) is 116 Å². The Morgan fingerprint density at radius 3 is 1.01 bits per heavy atom. The van der Waals surface area contributed by atoms with Crippen LogP contribution in [0, 0.1) is 0 Å². The zero-order chi connectivity index (χ0) is 62.4. The SMILES string of the molecule is CC/C=C\C/C=C\C/C=C\C/C=C\C/C=C\CCCCCC(=O)OCC(O)COP(=O)(O)OCC(O)COP(=O)(O)OCC(COC(=O)CCCCCCC/C=C\CCCCCCCC)OC(=O)CCCCCCC/C=C\CCCCCCCC. The summed E-state index contributed by atoms with van der Waals surface area (Å²) in [5.74, 6) is -1.62. The van der Waals surface area contributed by atoms with Gasteiger partial charge in [0, 0.05) is 19.3 Å². The second kappa shape index (κ2) is 61.0. The Bertz CT molecular complexity index is 1900. The summed E-state index contributed by atoms with van der Waals surface area (Å²) in [4.78, 5) is 58.3. The molecule has 16 nitrogen and oxygen atoms in total. The number of phosphoric ester groups is 2. The number of ether oxygens (including phenoxy) is 3. The second-order valence-corrected chi connectivity index (χ2v) is 24.8. The summed E-state index contributed by atoms with van der Waals surface area (Å²) in [6.07, 6.45) is 63.5. The minimum absolute atomic E-state index is 0.0934. The summed E-state index contributed by atoms with van der Waals surface area (Å²) in [7, 11) is -9.78. The first kappa shape index (κ1) is 81.7. The molecule has 5 atom stereocenters. The molecule has 0 aliphatic carbocycles. The van der Waals surface area contributed by atoms with Crippen LogP contribution in [0.15, 0.2) is 85.1 Å².